The number of nitrogens with zero attached hydrogens (tertiary/aromatic N) is 1. The molecule has 1 amide bonds. The molecule has 0 atom stereocenters. The Bertz CT molecular complexity index is 491. The number of carbonyl (C=O) groups excluding carboxylic acids is 1. The van der Waals surface area contributed by atoms with Gasteiger partial charge in [0, 0.05) is 38.0 Å². The van der Waals surface area contributed by atoms with E-state index in [1.165, 1.54) is 17.0 Å². The fraction of sp³-hybridized carbons (Fsp3) is 0.462. The van der Waals surface area contributed by atoms with Gasteiger partial charge in [-0.25, -0.2) is 8.78 Å². The monoisotopic (exact) mass is 324 g/mol. The van der Waals surface area contributed by atoms with Gasteiger partial charge in [-0.1, -0.05) is 11.6 Å². The minimum Gasteiger partial charge on any atom is -0.338 e. The van der Waals surface area contributed by atoms with E-state index in [1.54, 1.807) is 0 Å². The minimum atomic E-state index is -1.38. The van der Waals surface area contributed by atoms with E-state index in [4.69, 9.17) is 17.3 Å². The number of benzene rings is 1. The third-order valence-electron chi connectivity index (χ3n) is 3.48. The first-order valence-electron chi connectivity index (χ1n) is 6.08. The molecular formula is C13H16Cl2F2N2O. The summed E-state index contributed by atoms with van der Waals surface area (Å²) in [6.07, 6.45) is 0.453. The molecule has 112 valence electrons. The van der Waals surface area contributed by atoms with Gasteiger partial charge < -0.3 is 10.6 Å². The van der Waals surface area contributed by atoms with E-state index >= 15 is 0 Å². The molecule has 0 unspecified atom stereocenters. The van der Waals surface area contributed by atoms with E-state index < -0.39 is 11.5 Å². The standard InChI is InChI=1S/C13H15ClF2N2O.ClH/c14-10-7-9(1-2-11(10)15)12(19)18-5-3-13(16,8-17)4-6-18;/h1-2,7H,3-6,8,17H2;1H. The van der Waals surface area contributed by atoms with Crippen LogP contribution in [0.25, 0.3) is 0 Å². The Morgan fingerprint density at radius 2 is 2.00 bits per heavy atom. The van der Waals surface area contributed by atoms with Crippen LogP contribution in [0, 0.1) is 5.82 Å². The second-order valence-corrected chi connectivity index (χ2v) is 5.18. The summed E-state index contributed by atoms with van der Waals surface area (Å²) >= 11 is 5.64. The van der Waals surface area contributed by atoms with Crippen LogP contribution in [-0.2, 0) is 0 Å². The normalized spacial score (nSPS) is 17.5. The first-order valence-corrected chi connectivity index (χ1v) is 6.46. The fourth-order valence-electron chi connectivity index (χ4n) is 2.13. The number of halogens is 4. The van der Waals surface area contributed by atoms with Gasteiger partial charge in [0.15, 0.2) is 0 Å². The summed E-state index contributed by atoms with van der Waals surface area (Å²) < 4.78 is 27.0. The van der Waals surface area contributed by atoms with Crippen molar-refractivity contribution >= 4 is 29.9 Å². The van der Waals surface area contributed by atoms with Crippen LogP contribution in [0.15, 0.2) is 18.2 Å². The van der Waals surface area contributed by atoms with Gasteiger partial charge in [0.2, 0.25) is 0 Å². The molecule has 1 fully saturated rings. The maximum absolute atomic E-state index is 13.9. The highest BCUT2D eigenvalue weighted by molar-refractivity contribution is 6.31. The van der Waals surface area contributed by atoms with Crippen molar-refractivity contribution in [2.45, 2.75) is 18.5 Å². The Labute approximate surface area is 127 Å². The van der Waals surface area contributed by atoms with Crippen LogP contribution >= 0.6 is 24.0 Å². The molecule has 1 aliphatic heterocycles. The molecule has 1 heterocycles. The van der Waals surface area contributed by atoms with Crippen molar-refractivity contribution in [2.24, 2.45) is 5.73 Å². The minimum absolute atomic E-state index is 0. The lowest BCUT2D eigenvalue weighted by Gasteiger charge is -2.35. The summed E-state index contributed by atoms with van der Waals surface area (Å²) in [4.78, 5) is 13.7. The first kappa shape index (κ1) is 17.1. The summed E-state index contributed by atoms with van der Waals surface area (Å²) in [6, 6.07) is 3.82. The zero-order chi connectivity index (χ0) is 14.0. The zero-order valence-electron chi connectivity index (χ0n) is 10.7. The molecule has 0 saturated carbocycles. The maximum atomic E-state index is 13.9. The molecule has 3 nitrogen and oxygen atoms in total. The van der Waals surface area contributed by atoms with Gasteiger partial charge in [0.05, 0.1) is 5.02 Å². The predicted molar refractivity (Wildman–Crippen MR) is 76.7 cm³/mol. The molecule has 0 radical (unpaired) electrons. The number of rotatable bonds is 2. The topological polar surface area (TPSA) is 46.3 Å². The van der Waals surface area contributed by atoms with Gasteiger partial charge in [-0.2, -0.15) is 0 Å². The van der Waals surface area contributed by atoms with E-state index in [1.807, 2.05) is 0 Å². The number of carbonyl (C=O) groups is 1. The maximum Gasteiger partial charge on any atom is 0.253 e. The molecule has 0 spiro atoms. The van der Waals surface area contributed by atoms with E-state index in [2.05, 4.69) is 0 Å². The van der Waals surface area contributed by atoms with E-state index in [0.717, 1.165) is 6.07 Å². The quantitative estimate of drug-likeness (QED) is 0.909. The van der Waals surface area contributed by atoms with Crippen molar-refractivity contribution in [3.05, 3.63) is 34.6 Å². The lowest BCUT2D eigenvalue weighted by atomic mass is 9.93. The molecule has 1 aliphatic rings. The smallest absolute Gasteiger partial charge is 0.253 e. The number of amides is 1. The molecule has 20 heavy (non-hydrogen) atoms. The fourth-order valence-corrected chi connectivity index (χ4v) is 2.31. The number of hydrogen-bond acceptors (Lipinski definition) is 2. The Morgan fingerprint density at radius 3 is 2.50 bits per heavy atom. The van der Waals surface area contributed by atoms with Crippen LogP contribution in [0.3, 0.4) is 0 Å². The largest absolute Gasteiger partial charge is 0.338 e. The van der Waals surface area contributed by atoms with Gasteiger partial charge in [0.25, 0.3) is 5.91 Å². The van der Waals surface area contributed by atoms with Gasteiger partial charge in [0.1, 0.15) is 11.5 Å². The van der Waals surface area contributed by atoms with Crippen molar-refractivity contribution in [3.8, 4) is 0 Å². The van der Waals surface area contributed by atoms with Crippen LogP contribution in [0.1, 0.15) is 23.2 Å². The number of piperidine rings is 1. The molecule has 7 heteroatoms. The molecule has 0 bridgehead atoms. The Hall–Kier alpha value is -0.910. The second kappa shape index (κ2) is 6.70. The summed E-state index contributed by atoms with van der Waals surface area (Å²) in [5.41, 5.74) is 4.30. The highest BCUT2D eigenvalue weighted by Gasteiger charge is 2.34. The van der Waals surface area contributed by atoms with Gasteiger partial charge in [-0.15, -0.1) is 12.4 Å². The summed E-state index contributed by atoms with van der Waals surface area (Å²) in [6.45, 7) is 0.584. The van der Waals surface area contributed by atoms with Crippen LogP contribution < -0.4 is 5.73 Å². The van der Waals surface area contributed by atoms with Crippen molar-refractivity contribution in [3.63, 3.8) is 0 Å². The molecule has 2 rings (SSSR count). The lowest BCUT2D eigenvalue weighted by Crippen LogP contribution is -2.47. The summed E-state index contributed by atoms with van der Waals surface area (Å²) in [7, 11) is 0. The molecule has 2 N–H and O–H groups in total. The Kier molecular flexibility index (Phi) is 5.74. The SMILES string of the molecule is Cl.NCC1(F)CCN(C(=O)c2ccc(F)c(Cl)c2)CC1. The highest BCUT2D eigenvalue weighted by atomic mass is 35.5. The van der Waals surface area contributed by atoms with Crippen LogP contribution in [0.2, 0.25) is 5.02 Å². The van der Waals surface area contributed by atoms with E-state index in [-0.39, 0.29) is 42.7 Å². The van der Waals surface area contributed by atoms with Gasteiger partial charge in [-0.05, 0) is 18.2 Å². The van der Waals surface area contributed by atoms with Gasteiger partial charge in [-0.3, -0.25) is 4.79 Å². The molecule has 1 aromatic rings. The lowest BCUT2D eigenvalue weighted by molar-refractivity contribution is 0.0469. The third-order valence-corrected chi connectivity index (χ3v) is 3.77. The zero-order valence-corrected chi connectivity index (χ0v) is 12.3. The number of hydrogen-bond donors (Lipinski definition) is 1. The van der Waals surface area contributed by atoms with Crippen molar-refractivity contribution < 1.29 is 13.6 Å². The average molecular weight is 325 g/mol. The molecule has 0 aromatic heterocycles. The molecular weight excluding hydrogens is 309 g/mol. The molecule has 1 saturated heterocycles. The van der Waals surface area contributed by atoms with Crippen LogP contribution in [-0.4, -0.2) is 36.1 Å². The van der Waals surface area contributed by atoms with E-state index in [0.29, 0.717) is 18.7 Å². The van der Waals surface area contributed by atoms with Gasteiger partial charge >= 0.3 is 0 Å². The average Bonchev–Trinajstić information content (AvgIpc) is 2.42. The number of likely N-dealkylation sites (tertiary alicyclic amines) is 1. The summed E-state index contributed by atoms with van der Waals surface area (Å²) in [5.74, 6) is -0.830. The van der Waals surface area contributed by atoms with Crippen molar-refractivity contribution in [1.82, 2.24) is 4.90 Å². The second-order valence-electron chi connectivity index (χ2n) is 4.78. The molecule has 1 aromatic carbocycles. The van der Waals surface area contributed by atoms with Crippen LogP contribution in [0.4, 0.5) is 8.78 Å². The highest BCUT2D eigenvalue weighted by Crippen LogP contribution is 2.26. The third kappa shape index (κ3) is 3.59. The Morgan fingerprint density at radius 1 is 1.40 bits per heavy atom. The van der Waals surface area contributed by atoms with E-state index in [9.17, 15) is 13.6 Å². The molecule has 0 aliphatic carbocycles. The predicted octanol–water partition coefficient (Wildman–Crippen LogP) is 2.80. The summed E-state index contributed by atoms with van der Waals surface area (Å²) in [5, 5.41) is -0.0929. The van der Waals surface area contributed by atoms with Crippen molar-refractivity contribution in [1.29, 1.82) is 0 Å². The van der Waals surface area contributed by atoms with Crippen molar-refractivity contribution in [2.75, 3.05) is 19.6 Å². The van der Waals surface area contributed by atoms with Crippen LogP contribution in [0.5, 0.6) is 0 Å². The number of nitrogens with two attached hydrogens (primary N) is 1. The first-order chi connectivity index (χ1) is 8.95. The Balaban J connectivity index is 0.00000200. The number of alkyl halides is 1.